The Morgan fingerprint density at radius 2 is 1.96 bits per heavy atom. The topological polar surface area (TPSA) is 54.2 Å². The molecule has 0 aromatic carbocycles. The van der Waals surface area contributed by atoms with Gasteiger partial charge in [-0.25, -0.2) is 0 Å². The molecule has 1 N–H and O–H groups in total. The smallest absolute Gasteiger partial charge is 0.170 e. The predicted octanol–water partition coefficient (Wildman–Crippen LogP) is 3.55. The van der Waals surface area contributed by atoms with Gasteiger partial charge in [0.2, 0.25) is 0 Å². The van der Waals surface area contributed by atoms with Crippen LogP contribution in [-0.4, -0.2) is 20.0 Å². The highest BCUT2D eigenvalue weighted by atomic mass is 32.1. The zero-order valence-corrected chi connectivity index (χ0v) is 14.6. The molecule has 5 nitrogen and oxygen atoms in total. The summed E-state index contributed by atoms with van der Waals surface area (Å²) in [5.74, 6) is 1.77. The quantitative estimate of drug-likeness (QED) is 0.726. The lowest BCUT2D eigenvalue weighted by Crippen LogP contribution is -2.29. The third kappa shape index (κ3) is 3.13. The van der Waals surface area contributed by atoms with Gasteiger partial charge in [-0.2, -0.15) is 0 Å². The van der Waals surface area contributed by atoms with Gasteiger partial charge < -0.3 is 14.6 Å². The summed E-state index contributed by atoms with van der Waals surface area (Å²) < 4.78 is 5.95. The first-order chi connectivity index (χ1) is 12.2. The molecule has 0 spiro atoms. The Balaban J connectivity index is 1.72. The summed E-state index contributed by atoms with van der Waals surface area (Å²) in [6, 6.07) is 13.8. The Bertz CT molecular complexity index is 865. The van der Waals surface area contributed by atoms with Gasteiger partial charge in [0.1, 0.15) is 17.6 Å². The first-order valence-electron chi connectivity index (χ1n) is 8.15. The monoisotopic (exact) mass is 350 g/mol. The molecule has 0 bridgehead atoms. The summed E-state index contributed by atoms with van der Waals surface area (Å²) in [4.78, 5) is 10.8. The Kier molecular flexibility index (Phi) is 4.19. The third-order valence-electron chi connectivity index (χ3n) is 4.35. The molecule has 3 aromatic heterocycles. The van der Waals surface area contributed by atoms with E-state index in [4.69, 9.17) is 16.6 Å². The van der Waals surface area contributed by atoms with Crippen LogP contribution >= 0.6 is 12.2 Å². The van der Waals surface area contributed by atoms with Crippen molar-refractivity contribution in [2.24, 2.45) is 0 Å². The molecule has 1 saturated heterocycles. The largest absolute Gasteiger partial charge is 0.464 e. The standard InChI is InChI=1S/C19H18N4OS/c1-13-5-6-16(24-13)18-17(15-4-2-3-9-21-15)22-19(25)23(18)12-14-7-10-20-11-8-14/h2-11,17-18H,12H2,1H3,(H,22,25)/t17-,18+/m0/s1. The molecule has 2 atom stereocenters. The Morgan fingerprint density at radius 3 is 2.64 bits per heavy atom. The lowest BCUT2D eigenvalue weighted by atomic mass is 10.0. The van der Waals surface area contributed by atoms with E-state index in [-0.39, 0.29) is 12.1 Å². The number of aromatic nitrogens is 2. The average Bonchev–Trinajstić information content (AvgIpc) is 3.20. The minimum Gasteiger partial charge on any atom is -0.464 e. The van der Waals surface area contributed by atoms with Gasteiger partial charge in [0.15, 0.2) is 5.11 Å². The van der Waals surface area contributed by atoms with E-state index in [1.165, 1.54) is 0 Å². The molecule has 0 unspecified atom stereocenters. The lowest BCUT2D eigenvalue weighted by Gasteiger charge is -2.26. The van der Waals surface area contributed by atoms with Gasteiger partial charge in [-0.15, -0.1) is 0 Å². The number of aryl methyl sites for hydroxylation is 1. The molecule has 1 aliphatic heterocycles. The highest BCUT2D eigenvalue weighted by molar-refractivity contribution is 7.80. The summed E-state index contributed by atoms with van der Waals surface area (Å²) in [5.41, 5.74) is 2.09. The molecule has 0 radical (unpaired) electrons. The lowest BCUT2D eigenvalue weighted by molar-refractivity contribution is 0.264. The molecule has 4 rings (SSSR count). The molecule has 4 heterocycles. The van der Waals surface area contributed by atoms with Crippen molar-refractivity contribution in [3.63, 3.8) is 0 Å². The summed E-state index contributed by atoms with van der Waals surface area (Å²) in [5, 5.41) is 4.12. The fourth-order valence-electron chi connectivity index (χ4n) is 3.18. The van der Waals surface area contributed by atoms with Crippen LogP contribution in [0.1, 0.15) is 34.9 Å². The van der Waals surface area contributed by atoms with Crippen molar-refractivity contribution in [1.29, 1.82) is 0 Å². The Hall–Kier alpha value is -2.73. The zero-order valence-electron chi connectivity index (χ0n) is 13.8. The minimum absolute atomic E-state index is 0.0516. The minimum atomic E-state index is -0.0545. The molecule has 0 saturated carbocycles. The molecule has 126 valence electrons. The molecular formula is C19H18N4OS. The van der Waals surface area contributed by atoms with Gasteiger partial charge in [-0.3, -0.25) is 9.97 Å². The molecule has 3 aromatic rings. The predicted molar refractivity (Wildman–Crippen MR) is 98.7 cm³/mol. The highest BCUT2D eigenvalue weighted by Crippen LogP contribution is 2.39. The van der Waals surface area contributed by atoms with Crippen LogP contribution in [0.4, 0.5) is 0 Å². The Morgan fingerprint density at radius 1 is 1.12 bits per heavy atom. The van der Waals surface area contributed by atoms with Gasteiger partial charge in [-0.1, -0.05) is 6.07 Å². The van der Waals surface area contributed by atoms with Crippen molar-refractivity contribution in [2.45, 2.75) is 25.6 Å². The van der Waals surface area contributed by atoms with Crippen LogP contribution in [0.25, 0.3) is 0 Å². The second kappa shape index (κ2) is 6.64. The van der Waals surface area contributed by atoms with Gasteiger partial charge >= 0.3 is 0 Å². The number of furan rings is 1. The number of pyridine rings is 2. The molecule has 6 heteroatoms. The van der Waals surface area contributed by atoms with E-state index in [0.29, 0.717) is 11.7 Å². The van der Waals surface area contributed by atoms with Crippen LogP contribution in [0.3, 0.4) is 0 Å². The molecule has 1 aliphatic rings. The van der Waals surface area contributed by atoms with Gasteiger partial charge in [-0.05, 0) is 61.1 Å². The summed E-state index contributed by atoms with van der Waals surface area (Å²) in [6.07, 6.45) is 5.39. The van der Waals surface area contributed by atoms with Crippen LogP contribution in [-0.2, 0) is 6.54 Å². The molecule has 0 aliphatic carbocycles. The fraction of sp³-hybridized carbons (Fsp3) is 0.211. The molecule has 0 amide bonds. The van der Waals surface area contributed by atoms with Crippen molar-refractivity contribution >= 4 is 17.3 Å². The van der Waals surface area contributed by atoms with Crippen LogP contribution in [0.5, 0.6) is 0 Å². The van der Waals surface area contributed by atoms with E-state index < -0.39 is 0 Å². The van der Waals surface area contributed by atoms with E-state index in [1.54, 1.807) is 18.6 Å². The highest BCUT2D eigenvalue weighted by Gasteiger charge is 2.41. The number of thiocarbonyl (C=S) groups is 1. The van der Waals surface area contributed by atoms with Crippen LogP contribution in [0.2, 0.25) is 0 Å². The second-order valence-electron chi connectivity index (χ2n) is 6.06. The van der Waals surface area contributed by atoms with Crippen molar-refractivity contribution in [3.05, 3.63) is 83.8 Å². The van der Waals surface area contributed by atoms with Gasteiger partial charge in [0, 0.05) is 25.1 Å². The van der Waals surface area contributed by atoms with E-state index >= 15 is 0 Å². The normalized spacial score (nSPS) is 19.9. The molecular weight excluding hydrogens is 332 g/mol. The van der Waals surface area contributed by atoms with Crippen LogP contribution in [0.15, 0.2) is 65.5 Å². The second-order valence-corrected chi connectivity index (χ2v) is 6.45. The maximum Gasteiger partial charge on any atom is 0.170 e. The summed E-state index contributed by atoms with van der Waals surface area (Å²) in [6.45, 7) is 2.63. The number of hydrogen-bond acceptors (Lipinski definition) is 4. The Labute approximate surface area is 151 Å². The van der Waals surface area contributed by atoms with E-state index in [1.807, 2.05) is 49.4 Å². The van der Waals surface area contributed by atoms with Crippen molar-refractivity contribution in [1.82, 2.24) is 20.2 Å². The SMILES string of the molecule is Cc1ccc([C@@H]2[C@H](c3ccccn3)NC(=S)N2Cc2ccncc2)o1. The molecule has 25 heavy (non-hydrogen) atoms. The fourth-order valence-corrected chi connectivity index (χ4v) is 3.49. The maximum atomic E-state index is 5.95. The zero-order chi connectivity index (χ0) is 17.2. The first kappa shape index (κ1) is 15.8. The van der Waals surface area contributed by atoms with E-state index in [0.717, 1.165) is 22.8 Å². The van der Waals surface area contributed by atoms with Gasteiger partial charge in [0.05, 0.1) is 11.7 Å². The van der Waals surface area contributed by atoms with Crippen LogP contribution in [0, 0.1) is 6.92 Å². The summed E-state index contributed by atoms with van der Waals surface area (Å²) in [7, 11) is 0. The first-order valence-corrected chi connectivity index (χ1v) is 8.56. The van der Waals surface area contributed by atoms with Gasteiger partial charge in [0.25, 0.3) is 0 Å². The van der Waals surface area contributed by atoms with Crippen molar-refractivity contribution in [3.8, 4) is 0 Å². The average molecular weight is 350 g/mol. The number of hydrogen-bond donors (Lipinski definition) is 1. The maximum absolute atomic E-state index is 5.95. The molecule has 1 fully saturated rings. The van der Waals surface area contributed by atoms with E-state index in [2.05, 4.69) is 20.2 Å². The summed E-state index contributed by atoms with van der Waals surface area (Å²) >= 11 is 5.63. The number of nitrogens with zero attached hydrogens (tertiary/aromatic N) is 3. The van der Waals surface area contributed by atoms with E-state index in [9.17, 15) is 0 Å². The number of nitrogens with one attached hydrogen (secondary N) is 1. The number of rotatable bonds is 4. The van der Waals surface area contributed by atoms with Crippen LogP contribution < -0.4 is 5.32 Å². The van der Waals surface area contributed by atoms with Crippen molar-refractivity contribution < 1.29 is 4.42 Å². The van der Waals surface area contributed by atoms with Crippen molar-refractivity contribution in [2.75, 3.05) is 0 Å². The third-order valence-corrected chi connectivity index (χ3v) is 4.71.